The van der Waals surface area contributed by atoms with E-state index in [0.717, 1.165) is 101 Å². The largest absolute Gasteiger partial charge is 0.496 e. The summed E-state index contributed by atoms with van der Waals surface area (Å²) in [7, 11) is 3.46. The van der Waals surface area contributed by atoms with E-state index in [1.54, 1.807) is 14.2 Å². The van der Waals surface area contributed by atoms with Crippen LogP contribution in [-0.2, 0) is 5.41 Å². The van der Waals surface area contributed by atoms with Crippen LogP contribution in [-0.4, -0.2) is 26.0 Å². The molecule has 0 aliphatic carbocycles. The number of hydrogen-bond acceptors (Lipinski definition) is 4. The molecule has 0 N–H and O–H groups in total. The summed E-state index contributed by atoms with van der Waals surface area (Å²) < 4.78 is 12.2. The molecule has 288 valence electrons. The highest BCUT2D eigenvalue weighted by molar-refractivity contribution is 6.04. The van der Waals surface area contributed by atoms with Gasteiger partial charge in [-0.05, 0) is 159 Å². The Labute approximate surface area is 340 Å². The fourth-order valence-corrected chi connectivity index (χ4v) is 8.01. The minimum atomic E-state index is -0.451. The van der Waals surface area contributed by atoms with Crippen LogP contribution in [0.3, 0.4) is 0 Å². The van der Waals surface area contributed by atoms with E-state index in [4.69, 9.17) is 19.5 Å². The average molecular weight is 751 g/mol. The van der Waals surface area contributed by atoms with Crippen molar-refractivity contribution in [3.63, 3.8) is 0 Å². The van der Waals surface area contributed by atoms with E-state index in [1.165, 1.54) is 11.1 Å². The third-order valence-corrected chi connectivity index (χ3v) is 11.0. The van der Waals surface area contributed by atoms with Gasteiger partial charge in [-0.2, -0.15) is 0 Å². The first kappa shape index (κ1) is 40.5. The van der Waals surface area contributed by atoms with Crippen molar-refractivity contribution >= 4 is 34.3 Å². The first-order valence-electron chi connectivity index (χ1n) is 19.6. The molecule has 6 rings (SSSR count). The summed E-state index contributed by atoms with van der Waals surface area (Å²) >= 11 is 0. The first-order chi connectivity index (χ1) is 27.2. The quantitative estimate of drug-likeness (QED) is 0.131. The molecule has 0 amide bonds. The highest BCUT2D eigenvalue weighted by Crippen LogP contribution is 2.42. The highest BCUT2D eigenvalue weighted by Gasteiger charge is 2.28. The molecule has 0 fully saturated rings. The van der Waals surface area contributed by atoms with E-state index >= 15 is 0 Å². The number of aliphatic imine (C=N–C) groups is 2. The summed E-state index contributed by atoms with van der Waals surface area (Å²) in [6.07, 6.45) is 0. The van der Waals surface area contributed by atoms with Gasteiger partial charge in [0.05, 0.1) is 36.7 Å². The van der Waals surface area contributed by atoms with Crippen LogP contribution in [0.4, 0.5) is 11.4 Å². The van der Waals surface area contributed by atoms with Gasteiger partial charge < -0.3 is 9.47 Å². The van der Waals surface area contributed by atoms with Gasteiger partial charge in [0.15, 0.2) is 0 Å². The predicted molar refractivity (Wildman–Crippen MR) is 241 cm³/mol. The van der Waals surface area contributed by atoms with E-state index in [9.17, 15) is 0 Å². The lowest BCUT2D eigenvalue weighted by atomic mass is 9.75. The SMILES string of the molecule is COc1ccc(C(C)(C)c2ccc(OC)c(C(=C=Nc3ccccc3C)c3c(C)cc(C)cc3C)c2)cc1C(=C=Nc1ccccc1C)c1c(C)cc(C)cc1C. The molecule has 0 aliphatic rings. The molecule has 0 spiro atoms. The number of methoxy groups -OCH3 is 2. The maximum Gasteiger partial charge on any atom is 0.127 e. The Bertz CT molecular complexity index is 2400. The van der Waals surface area contributed by atoms with Crippen LogP contribution in [0, 0.1) is 55.4 Å². The van der Waals surface area contributed by atoms with Gasteiger partial charge in [-0.25, -0.2) is 9.98 Å². The van der Waals surface area contributed by atoms with Gasteiger partial charge in [0.25, 0.3) is 0 Å². The van der Waals surface area contributed by atoms with Crippen molar-refractivity contribution in [2.24, 2.45) is 9.98 Å². The van der Waals surface area contributed by atoms with Gasteiger partial charge in [-0.3, -0.25) is 0 Å². The second-order valence-corrected chi connectivity index (χ2v) is 15.8. The topological polar surface area (TPSA) is 43.2 Å². The van der Waals surface area contributed by atoms with Crippen LogP contribution >= 0.6 is 0 Å². The minimum Gasteiger partial charge on any atom is -0.496 e. The van der Waals surface area contributed by atoms with Crippen molar-refractivity contribution in [3.05, 3.63) is 187 Å². The Kier molecular flexibility index (Phi) is 12.0. The molecule has 4 nitrogen and oxygen atoms in total. The summed E-state index contributed by atoms with van der Waals surface area (Å²) in [5.41, 5.74) is 18.7. The van der Waals surface area contributed by atoms with Gasteiger partial charge in [0, 0.05) is 16.5 Å². The third-order valence-electron chi connectivity index (χ3n) is 11.0. The Hall–Kier alpha value is -6.18. The molecular weight excluding hydrogens is 697 g/mol. The van der Waals surface area contributed by atoms with Gasteiger partial charge in [-0.15, -0.1) is 0 Å². The van der Waals surface area contributed by atoms with Crippen LogP contribution in [0.25, 0.3) is 11.1 Å². The minimum absolute atomic E-state index is 0.451. The van der Waals surface area contributed by atoms with Gasteiger partial charge in [0.1, 0.15) is 11.5 Å². The van der Waals surface area contributed by atoms with Crippen molar-refractivity contribution in [2.45, 2.75) is 74.7 Å². The number of aryl methyl sites for hydroxylation is 8. The molecule has 0 bridgehead atoms. The molecule has 0 saturated heterocycles. The van der Waals surface area contributed by atoms with Crippen LogP contribution in [0.15, 0.2) is 119 Å². The number of para-hydroxylation sites is 2. The van der Waals surface area contributed by atoms with Crippen molar-refractivity contribution < 1.29 is 9.47 Å². The molecule has 0 aromatic heterocycles. The number of rotatable bonds is 10. The van der Waals surface area contributed by atoms with E-state index in [-0.39, 0.29) is 0 Å². The second-order valence-electron chi connectivity index (χ2n) is 15.8. The fourth-order valence-electron chi connectivity index (χ4n) is 8.01. The molecule has 0 atom stereocenters. The van der Waals surface area contributed by atoms with Crippen LogP contribution < -0.4 is 9.47 Å². The zero-order valence-electron chi connectivity index (χ0n) is 35.6. The van der Waals surface area contributed by atoms with Crippen molar-refractivity contribution in [3.8, 4) is 11.5 Å². The number of hydrogen-bond donors (Lipinski definition) is 0. The molecular formula is C53H54N2O2. The summed E-state index contributed by atoms with van der Waals surface area (Å²) in [5.74, 6) is 8.58. The molecule has 0 aliphatic heterocycles. The number of benzene rings is 6. The number of ether oxygens (including phenoxy) is 2. The normalized spacial score (nSPS) is 11.0. The van der Waals surface area contributed by atoms with Gasteiger partial charge >= 0.3 is 0 Å². The second kappa shape index (κ2) is 16.9. The zero-order chi connectivity index (χ0) is 41.0. The zero-order valence-corrected chi connectivity index (χ0v) is 35.6. The Morgan fingerprint density at radius 3 is 1.14 bits per heavy atom. The van der Waals surface area contributed by atoms with E-state index in [1.807, 2.05) is 36.4 Å². The maximum absolute atomic E-state index is 6.09. The van der Waals surface area contributed by atoms with Crippen LogP contribution in [0.2, 0.25) is 0 Å². The lowest BCUT2D eigenvalue weighted by Crippen LogP contribution is -2.20. The van der Waals surface area contributed by atoms with Gasteiger partial charge in [0.2, 0.25) is 0 Å². The van der Waals surface area contributed by atoms with E-state index < -0.39 is 5.41 Å². The Morgan fingerprint density at radius 1 is 0.456 bits per heavy atom. The van der Waals surface area contributed by atoms with Crippen LogP contribution in [0.1, 0.15) is 91.7 Å². The summed E-state index contributed by atoms with van der Waals surface area (Å²) in [5, 5.41) is 0. The molecule has 57 heavy (non-hydrogen) atoms. The summed E-state index contributed by atoms with van der Waals surface area (Å²) in [4.78, 5) is 9.91. The molecule has 6 aromatic rings. The van der Waals surface area contributed by atoms with Crippen molar-refractivity contribution in [1.29, 1.82) is 0 Å². The standard InChI is InChI=1S/C53H54N2O2/c1-33-25-37(5)51(38(6)26-33)45(31-54-47-19-15-13-17-35(47)3)43-29-41(21-23-49(43)56-11)53(9,10)42-22-24-50(57-12)44(30-42)46(32-55-48-20-16-14-18-36(48)4)52-39(7)27-34(2)28-40(52)8/h13-30H,1-12H3. The summed E-state index contributed by atoms with van der Waals surface area (Å²) in [6.45, 7) is 21.6. The molecule has 4 heteroatoms. The molecule has 6 aromatic carbocycles. The summed E-state index contributed by atoms with van der Waals surface area (Å²) in [6, 6.07) is 38.2. The highest BCUT2D eigenvalue weighted by atomic mass is 16.5. The van der Waals surface area contributed by atoms with Crippen molar-refractivity contribution in [1.82, 2.24) is 0 Å². The lowest BCUT2D eigenvalue weighted by molar-refractivity contribution is 0.412. The van der Waals surface area contributed by atoms with Gasteiger partial charge in [-0.1, -0.05) is 97.8 Å². The molecule has 0 radical (unpaired) electrons. The van der Waals surface area contributed by atoms with E-state index in [0.29, 0.717) is 0 Å². The Morgan fingerprint density at radius 2 is 0.807 bits per heavy atom. The molecule has 0 unspecified atom stereocenters. The fraction of sp³-hybridized carbons (Fsp3) is 0.245. The molecule has 0 heterocycles. The van der Waals surface area contributed by atoms with Crippen LogP contribution in [0.5, 0.6) is 11.5 Å². The monoisotopic (exact) mass is 750 g/mol. The lowest BCUT2D eigenvalue weighted by Gasteiger charge is -2.29. The first-order valence-corrected chi connectivity index (χ1v) is 19.6. The average Bonchev–Trinajstić information content (AvgIpc) is 3.17. The van der Waals surface area contributed by atoms with Crippen molar-refractivity contribution in [2.75, 3.05) is 14.2 Å². The third kappa shape index (κ3) is 8.49. The molecule has 0 saturated carbocycles. The predicted octanol–water partition coefficient (Wildman–Crippen LogP) is 13.4. The van der Waals surface area contributed by atoms with E-state index in [2.05, 4.69) is 154 Å². The smallest absolute Gasteiger partial charge is 0.127 e. The maximum atomic E-state index is 6.09. The number of nitrogens with zero attached hydrogens (tertiary/aromatic N) is 2. The Balaban J connectivity index is 1.59.